The molecule has 21 heavy (non-hydrogen) atoms. The summed E-state index contributed by atoms with van der Waals surface area (Å²) in [7, 11) is 0. The summed E-state index contributed by atoms with van der Waals surface area (Å²) in [5.74, 6) is 0.0727. The van der Waals surface area contributed by atoms with Gasteiger partial charge in [-0.3, -0.25) is 4.79 Å². The topological polar surface area (TPSA) is 46.3 Å². The van der Waals surface area contributed by atoms with Crippen molar-refractivity contribution in [2.45, 2.75) is 12.8 Å². The van der Waals surface area contributed by atoms with E-state index in [9.17, 15) is 4.79 Å². The standard InChI is InChI=1S/C17H17BrN2O/c18-15-11-14(5-6-16(15)19)17(21)20-9-7-12-3-1-2-4-13(12)8-10-20/h1-6,11H,7-10,19H2. The fourth-order valence-corrected chi connectivity index (χ4v) is 3.09. The van der Waals surface area contributed by atoms with Gasteiger partial charge in [-0.25, -0.2) is 0 Å². The number of hydrogen-bond donors (Lipinski definition) is 1. The Kier molecular flexibility index (Phi) is 3.97. The van der Waals surface area contributed by atoms with Gasteiger partial charge in [-0.15, -0.1) is 0 Å². The quantitative estimate of drug-likeness (QED) is 0.807. The molecule has 0 radical (unpaired) electrons. The average Bonchev–Trinajstić information content (AvgIpc) is 2.72. The summed E-state index contributed by atoms with van der Waals surface area (Å²) in [6.45, 7) is 1.52. The zero-order chi connectivity index (χ0) is 14.8. The first-order chi connectivity index (χ1) is 10.1. The lowest BCUT2D eigenvalue weighted by Crippen LogP contribution is -2.33. The van der Waals surface area contributed by atoms with Crippen molar-refractivity contribution in [1.82, 2.24) is 4.90 Å². The third-order valence-corrected chi connectivity index (χ3v) is 4.64. The van der Waals surface area contributed by atoms with E-state index in [2.05, 4.69) is 40.2 Å². The van der Waals surface area contributed by atoms with E-state index in [1.165, 1.54) is 11.1 Å². The second kappa shape index (κ2) is 5.90. The first-order valence-corrected chi connectivity index (χ1v) is 7.85. The molecule has 0 unspecified atom stereocenters. The minimum absolute atomic E-state index is 0.0727. The van der Waals surface area contributed by atoms with Crippen LogP contribution >= 0.6 is 15.9 Å². The van der Waals surface area contributed by atoms with Crippen LogP contribution in [0.2, 0.25) is 0 Å². The highest BCUT2D eigenvalue weighted by Gasteiger charge is 2.19. The maximum atomic E-state index is 12.6. The monoisotopic (exact) mass is 344 g/mol. The van der Waals surface area contributed by atoms with Crippen molar-refractivity contribution in [3.8, 4) is 0 Å². The van der Waals surface area contributed by atoms with Crippen LogP contribution in [-0.4, -0.2) is 23.9 Å². The smallest absolute Gasteiger partial charge is 0.253 e. The minimum atomic E-state index is 0.0727. The first-order valence-electron chi connectivity index (χ1n) is 7.06. The van der Waals surface area contributed by atoms with Gasteiger partial charge in [0.2, 0.25) is 0 Å². The number of nitrogen functional groups attached to an aromatic ring is 1. The van der Waals surface area contributed by atoms with E-state index < -0.39 is 0 Å². The Hall–Kier alpha value is -1.81. The molecule has 1 heterocycles. The second-order valence-electron chi connectivity index (χ2n) is 5.30. The van der Waals surface area contributed by atoms with Gasteiger partial charge in [-0.05, 0) is 58.1 Å². The van der Waals surface area contributed by atoms with E-state index in [0.29, 0.717) is 11.3 Å². The molecule has 0 saturated heterocycles. The first kappa shape index (κ1) is 14.1. The Labute approximate surface area is 132 Å². The zero-order valence-electron chi connectivity index (χ0n) is 11.7. The van der Waals surface area contributed by atoms with Gasteiger partial charge in [0, 0.05) is 28.8 Å². The lowest BCUT2D eigenvalue weighted by Gasteiger charge is -2.20. The van der Waals surface area contributed by atoms with Crippen LogP contribution in [0.1, 0.15) is 21.5 Å². The molecule has 0 atom stereocenters. The molecule has 1 aliphatic rings. The summed E-state index contributed by atoms with van der Waals surface area (Å²) in [6, 6.07) is 13.8. The van der Waals surface area contributed by atoms with Gasteiger partial charge in [0.25, 0.3) is 5.91 Å². The SMILES string of the molecule is Nc1ccc(C(=O)N2CCc3ccccc3CC2)cc1Br. The van der Waals surface area contributed by atoms with E-state index in [1.54, 1.807) is 18.2 Å². The second-order valence-corrected chi connectivity index (χ2v) is 6.15. The summed E-state index contributed by atoms with van der Waals surface area (Å²) in [6.07, 6.45) is 1.83. The van der Waals surface area contributed by atoms with Gasteiger partial charge < -0.3 is 10.6 Å². The molecule has 0 fully saturated rings. The van der Waals surface area contributed by atoms with Gasteiger partial charge in [-0.2, -0.15) is 0 Å². The molecule has 0 aromatic heterocycles. The molecule has 2 N–H and O–H groups in total. The molecule has 3 rings (SSSR count). The van der Waals surface area contributed by atoms with E-state index >= 15 is 0 Å². The van der Waals surface area contributed by atoms with Gasteiger partial charge in [0.1, 0.15) is 0 Å². The average molecular weight is 345 g/mol. The number of carbonyl (C=O) groups excluding carboxylic acids is 1. The number of anilines is 1. The third-order valence-electron chi connectivity index (χ3n) is 3.96. The molecule has 108 valence electrons. The number of carbonyl (C=O) groups is 1. The van der Waals surface area contributed by atoms with E-state index in [4.69, 9.17) is 5.73 Å². The normalized spacial score (nSPS) is 14.4. The number of rotatable bonds is 1. The molecule has 0 aliphatic carbocycles. The number of nitrogens with zero attached hydrogens (tertiary/aromatic N) is 1. The Balaban J connectivity index is 1.79. The van der Waals surface area contributed by atoms with Crippen molar-refractivity contribution in [3.63, 3.8) is 0 Å². The van der Waals surface area contributed by atoms with Gasteiger partial charge in [0.05, 0.1) is 0 Å². The van der Waals surface area contributed by atoms with Crippen LogP contribution in [0.4, 0.5) is 5.69 Å². The maximum absolute atomic E-state index is 12.6. The van der Waals surface area contributed by atoms with E-state index in [1.807, 2.05) is 4.90 Å². The summed E-state index contributed by atoms with van der Waals surface area (Å²) < 4.78 is 0.770. The van der Waals surface area contributed by atoms with Crippen molar-refractivity contribution in [2.24, 2.45) is 0 Å². The van der Waals surface area contributed by atoms with Crippen LogP contribution in [-0.2, 0) is 12.8 Å². The Morgan fingerprint density at radius 1 is 1.05 bits per heavy atom. The van der Waals surface area contributed by atoms with Gasteiger partial charge >= 0.3 is 0 Å². The molecule has 4 heteroatoms. The van der Waals surface area contributed by atoms with Crippen molar-refractivity contribution in [3.05, 3.63) is 63.6 Å². The molecule has 1 amide bonds. The predicted octanol–water partition coefficient (Wildman–Crippen LogP) is 3.27. The number of amides is 1. The van der Waals surface area contributed by atoms with Gasteiger partial charge in [-0.1, -0.05) is 24.3 Å². The number of benzene rings is 2. The number of fused-ring (bicyclic) bond motifs is 1. The zero-order valence-corrected chi connectivity index (χ0v) is 13.3. The molecule has 1 aliphatic heterocycles. The highest BCUT2D eigenvalue weighted by molar-refractivity contribution is 9.10. The molecule has 0 spiro atoms. The summed E-state index contributed by atoms with van der Waals surface area (Å²) in [5, 5.41) is 0. The van der Waals surface area contributed by atoms with Crippen molar-refractivity contribution < 1.29 is 4.79 Å². The predicted molar refractivity (Wildman–Crippen MR) is 88.3 cm³/mol. The molecular weight excluding hydrogens is 328 g/mol. The molecule has 0 saturated carbocycles. The van der Waals surface area contributed by atoms with Crippen LogP contribution < -0.4 is 5.73 Å². The molecule has 2 aromatic carbocycles. The van der Waals surface area contributed by atoms with Crippen LogP contribution in [0.3, 0.4) is 0 Å². The Morgan fingerprint density at radius 3 is 2.24 bits per heavy atom. The van der Waals surface area contributed by atoms with Crippen LogP contribution in [0.25, 0.3) is 0 Å². The van der Waals surface area contributed by atoms with Crippen LogP contribution in [0, 0.1) is 0 Å². The molecular formula is C17H17BrN2O. The van der Waals surface area contributed by atoms with Crippen LogP contribution in [0.15, 0.2) is 46.9 Å². The fraction of sp³-hybridized carbons (Fsp3) is 0.235. The lowest BCUT2D eigenvalue weighted by atomic mass is 10.0. The molecule has 3 nitrogen and oxygen atoms in total. The Bertz CT molecular complexity index is 657. The third kappa shape index (κ3) is 2.95. The van der Waals surface area contributed by atoms with Crippen molar-refractivity contribution >= 4 is 27.5 Å². The summed E-state index contributed by atoms with van der Waals surface area (Å²) >= 11 is 3.38. The van der Waals surface area contributed by atoms with Gasteiger partial charge in [0.15, 0.2) is 0 Å². The Morgan fingerprint density at radius 2 is 1.67 bits per heavy atom. The maximum Gasteiger partial charge on any atom is 0.253 e. The summed E-state index contributed by atoms with van der Waals surface area (Å²) in [5.41, 5.74) is 9.81. The number of hydrogen-bond acceptors (Lipinski definition) is 2. The molecule has 0 bridgehead atoms. The highest BCUT2D eigenvalue weighted by atomic mass is 79.9. The summed E-state index contributed by atoms with van der Waals surface area (Å²) in [4.78, 5) is 14.6. The van der Waals surface area contributed by atoms with Crippen LogP contribution in [0.5, 0.6) is 0 Å². The van der Waals surface area contributed by atoms with E-state index in [-0.39, 0.29) is 5.91 Å². The fourth-order valence-electron chi connectivity index (χ4n) is 2.71. The number of nitrogens with two attached hydrogens (primary N) is 1. The van der Waals surface area contributed by atoms with Crippen molar-refractivity contribution in [1.29, 1.82) is 0 Å². The highest BCUT2D eigenvalue weighted by Crippen LogP contribution is 2.22. The largest absolute Gasteiger partial charge is 0.398 e. The lowest BCUT2D eigenvalue weighted by molar-refractivity contribution is 0.0763. The number of halogens is 1. The van der Waals surface area contributed by atoms with Crippen molar-refractivity contribution in [2.75, 3.05) is 18.8 Å². The minimum Gasteiger partial charge on any atom is -0.398 e. The molecule has 2 aromatic rings. The van der Waals surface area contributed by atoms with E-state index in [0.717, 1.165) is 30.4 Å².